The van der Waals surface area contributed by atoms with E-state index in [2.05, 4.69) is 15.9 Å². The zero-order chi connectivity index (χ0) is 14.4. The van der Waals surface area contributed by atoms with Gasteiger partial charge in [-0.25, -0.2) is 0 Å². The minimum absolute atomic E-state index is 0.241. The summed E-state index contributed by atoms with van der Waals surface area (Å²) in [6.45, 7) is 2.93. The minimum atomic E-state index is 0.241. The first-order chi connectivity index (χ1) is 9.72. The van der Waals surface area contributed by atoms with Crippen LogP contribution in [0.15, 0.2) is 42.5 Å². The van der Waals surface area contributed by atoms with Crippen molar-refractivity contribution in [2.75, 3.05) is 6.61 Å². The van der Waals surface area contributed by atoms with Crippen LogP contribution in [0.2, 0.25) is 0 Å². The lowest BCUT2D eigenvalue weighted by Gasteiger charge is -2.13. The molecule has 106 valence electrons. The summed E-state index contributed by atoms with van der Waals surface area (Å²) < 4.78 is 11.4. The first-order valence-electron chi connectivity index (χ1n) is 6.45. The number of halogens is 1. The number of rotatable bonds is 6. The molecule has 0 saturated carbocycles. The fourth-order valence-corrected chi connectivity index (χ4v) is 2.18. The van der Waals surface area contributed by atoms with Crippen LogP contribution in [0.5, 0.6) is 17.2 Å². The molecule has 2 aromatic rings. The van der Waals surface area contributed by atoms with Gasteiger partial charge < -0.3 is 14.6 Å². The van der Waals surface area contributed by atoms with Crippen molar-refractivity contribution in [3.05, 3.63) is 53.6 Å². The lowest BCUT2D eigenvalue weighted by molar-refractivity contribution is 0.269. The molecule has 0 heterocycles. The molecule has 0 aliphatic carbocycles. The topological polar surface area (TPSA) is 38.7 Å². The molecule has 0 radical (unpaired) electrons. The zero-order valence-corrected chi connectivity index (χ0v) is 12.9. The lowest BCUT2D eigenvalue weighted by Crippen LogP contribution is -2.00. The first kappa shape index (κ1) is 14.7. The summed E-state index contributed by atoms with van der Waals surface area (Å²) in [5.74, 6) is 1.69. The predicted octanol–water partition coefficient (Wildman–Crippen LogP) is 4.26. The molecule has 0 aromatic heterocycles. The van der Waals surface area contributed by atoms with E-state index in [1.807, 2.05) is 31.2 Å². The Kier molecular flexibility index (Phi) is 5.30. The van der Waals surface area contributed by atoms with Crippen molar-refractivity contribution in [1.82, 2.24) is 0 Å². The second-order valence-electron chi connectivity index (χ2n) is 4.31. The number of alkyl halides is 1. The Balaban J connectivity index is 2.12. The highest BCUT2D eigenvalue weighted by Crippen LogP contribution is 2.30. The molecule has 20 heavy (non-hydrogen) atoms. The third kappa shape index (κ3) is 3.90. The Morgan fingerprint density at radius 1 is 1.00 bits per heavy atom. The van der Waals surface area contributed by atoms with Crippen LogP contribution >= 0.6 is 15.9 Å². The third-order valence-electron chi connectivity index (χ3n) is 2.77. The molecule has 0 bridgehead atoms. The van der Waals surface area contributed by atoms with E-state index in [1.54, 1.807) is 18.2 Å². The molecule has 0 unspecified atom stereocenters. The maximum absolute atomic E-state index is 9.43. The standard InChI is InChI=1S/C16H17BrO3/c1-2-19-16-9-12(10-17)6-7-15(16)20-11-13-4-3-5-14(18)8-13/h3-9,18H,2,10-11H2,1H3. The Morgan fingerprint density at radius 3 is 2.55 bits per heavy atom. The Bertz CT molecular complexity index is 569. The van der Waals surface area contributed by atoms with Crippen LogP contribution in [0.4, 0.5) is 0 Å². The van der Waals surface area contributed by atoms with Crippen molar-refractivity contribution >= 4 is 15.9 Å². The minimum Gasteiger partial charge on any atom is -0.508 e. The van der Waals surface area contributed by atoms with Gasteiger partial charge in [0.1, 0.15) is 12.4 Å². The van der Waals surface area contributed by atoms with E-state index in [-0.39, 0.29) is 5.75 Å². The van der Waals surface area contributed by atoms with E-state index in [0.717, 1.165) is 22.2 Å². The molecular weight excluding hydrogens is 320 g/mol. The summed E-state index contributed by atoms with van der Waals surface area (Å²) in [6, 6.07) is 12.9. The number of aromatic hydroxyl groups is 1. The fourth-order valence-electron chi connectivity index (χ4n) is 1.83. The van der Waals surface area contributed by atoms with Gasteiger partial charge in [0, 0.05) is 5.33 Å². The molecule has 0 aliphatic rings. The van der Waals surface area contributed by atoms with Gasteiger partial charge in [-0.05, 0) is 42.3 Å². The summed E-state index contributed by atoms with van der Waals surface area (Å²) in [6.07, 6.45) is 0. The summed E-state index contributed by atoms with van der Waals surface area (Å²) in [4.78, 5) is 0. The van der Waals surface area contributed by atoms with Crippen LogP contribution < -0.4 is 9.47 Å². The molecule has 0 saturated heterocycles. The van der Waals surface area contributed by atoms with Crippen LogP contribution in [0, 0.1) is 0 Å². The number of benzene rings is 2. The molecule has 0 aliphatic heterocycles. The highest BCUT2D eigenvalue weighted by Gasteiger charge is 2.07. The second-order valence-corrected chi connectivity index (χ2v) is 4.87. The molecule has 1 N–H and O–H groups in total. The monoisotopic (exact) mass is 336 g/mol. The smallest absolute Gasteiger partial charge is 0.161 e. The molecule has 3 nitrogen and oxygen atoms in total. The number of hydrogen-bond donors (Lipinski definition) is 1. The molecule has 4 heteroatoms. The Hall–Kier alpha value is -1.68. The zero-order valence-electron chi connectivity index (χ0n) is 11.3. The van der Waals surface area contributed by atoms with Crippen molar-refractivity contribution in [2.45, 2.75) is 18.9 Å². The largest absolute Gasteiger partial charge is 0.508 e. The van der Waals surface area contributed by atoms with Gasteiger partial charge in [-0.3, -0.25) is 0 Å². The van der Waals surface area contributed by atoms with Crippen LogP contribution in [0.25, 0.3) is 0 Å². The molecular formula is C16H17BrO3. The van der Waals surface area contributed by atoms with Crippen molar-refractivity contribution in [1.29, 1.82) is 0 Å². The van der Waals surface area contributed by atoms with Gasteiger partial charge in [0.05, 0.1) is 6.61 Å². The van der Waals surface area contributed by atoms with Crippen molar-refractivity contribution < 1.29 is 14.6 Å². The fraction of sp³-hybridized carbons (Fsp3) is 0.250. The molecule has 2 aromatic carbocycles. The average Bonchev–Trinajstić information content (AvgIpc) is 2.46. The maximum Gasteiger partial charge on any atom is 0.161 e. The Morgan fingerprint density at radius 2 is 1.85 bits per heavy atom. The number of phenols is 1. The van der Waals surface area contributed by atoms with Gasteiger partial charge in [0.25, 0.3) is 0 Å². The van der Waals surface area contributed by atoms with Crippen LogP contribution in [0.3, 0.4) is 0 Å². The average molecular weight is 337 g/mol. The first-order valence-corrected chi connectivity index (χ1v) is 7.57. The van der Waals surface area contributed by atoms with Crippen molar-refractivity contribution in [3.63, 3.8) is 0 Å². The van der Waals surface area contributed by atoms with E-state index >= 15 is 0 Å². The van der Waals surface area contributed by atoms with Crippen LogP contribution in [0.1, 0.15) is 18.1 Å². The van der Waals surface area contributed by atoms with Gasteiger partial charge in [-0.15, -0.1) is 0 Å². The predicted molar refractivity (Wildman–Crippen MR) is 82.7 cm³/mol. The molecule has 0 amide bonds. The number of hydrogen-bond acceptors (Lipinski definition) is 3. The molecule has 0 atom stereocenters. The van der Waals surface area contributed by atoms with E-state index in [9.17, 15) is 5.11 Å². The van der Waals surface area contributed by atoms with Gasteiger partial charge in [-0.1, -0.05) is 34.1 Å². The van der Waals surface area contributed by atoms with E-state index in [1.165, 1.54) is 0 Å². The normalized spacial score (nSPS) is 10.3. The van der Waals surface area contributed by atoms with E-state index in [4.69, 9.17) is 9.47 Å². The highest BCUT2D eigenvalue weighted by atomic mass is 79.9. The molecule has 0 fully saturated rings. The summed E-state index contributed by atoms with van der Waals surface area (Å²) in [5.41, 5.74) is 2.05. The van der Waals surface area contributed by atoms with Crippen LogP contribution in [-0.4, -0.2) is 11.7 Å². The number of phenolic OH excluding ortho intramolecular Hbond substituents is 1. The quantitative estimate of drug-likeness (QED) is 0.801. The van der Waals surface area contributed by atoms with Gasteiger partial charge in [-0.2, -0.15) is 0 Å². The summed E-state index contributed by atoms with van der Waals surface area (Å²) in [5, 5.41) is 10.2. The maximum atomic E-state index is 9.43. The molecule has 0 spiro atoms. The molecule has 2 rings (SSSR count). The third-order valence-corrected chi connectivity index (χ3v) is 3.41. The van der Waals surface area contributed by atoms with Crippen molar-refractivity contribution in [3.8, 4) is 17.2 Å². The van der Waals surface area contributed by atoms with E-state index < -0.39 is 0 Å². The highest BCUT2D eigenvalue weighted by molar-refractivity contribution is 9.08. The SMILES string of the molecule is CCOc1cc(CBr)ccc1OCc1cccc(O)c1. The summed E-state index contributed by atoms with van der Waals surface area (Å²) >= 11 is 3.43. The second kappa shape index (κ2) is 7.20. The van der Waals surface area contributed by atoms with Gasteiger partial charge in [0.15, 0.2) is 11.5 Å². The number of ether oxygens (including phenoxy) is 2. The van der Waals surface area contributed by atoms with E-state index in [0.29, 0.717) is 19.0 Å². The Labute approximate surface area is 127 Å². The van der Waals surface area contributed by atoms with Crippen molar-refractivity contribution in [2.24, 2.45) is 0 Å². The lowest BCUT2D eigenvalue weighted by atomic mass is 10.2. The van der Waals surface area contributed by atoms with Gasteiger partial charge >= 0.3 is 0 Å². The van der Waals surface area contributed by atoms with Crippen LogP contribution in [-0.2, 0) is 11.9 Å². The van der Waals surface area contributed by atoms with Gasteiger partial charge in [0.2, 0.25) is 0 Å². The summed E-state index contributed by atoms with van der Waals surface area (Å²) in [7, 11) is 0.